The molecule has 2 fully saturated rings. The Morgan fingerprint density at radius 1 is 0.943 bits per heavy atom. The van der Waals surface area contributed by atoms with E-state index in [0.29, 0.717) is 45.4 Å². The van der Waals surface area contributed by atoms with E-state index in [-0.39, 0.29) is 29.4 Å². The highest BCUT2D eigenvalue weighted by atomic mass is 32.2. The van der Waals surface area contributed by atoms with Gasteiger partial charge >= 0.3 is 6.09 Å². The molecule has 9 heteroatoms. The van der Waals surface area contributed by atoms with E-state index in [1.165, 1.54) is 4.31 Å². The van der Waals surface area contributed by atoms with Crippen molar-refractivity contribution in [1.82, 2.24) is 14.5 Å². The smallest absolute Gasteiger partial charge is 0.407 e. The zero-order chi connectivity index (χ0) is 24.8. The number of likely N-dealkylation sites (tertiary alicyclic amines) is 1. The molecular weight excluding hydrogens is 466 g/mol. The third-order valence-electron chi connectivity index (χ3n) is 6.82. The lowest BCUT2D eigenvalue weighted by molar-refractivity contribution is -0.138. The maximum atomic E-state index is 13.7. The van der Waals surface area contributed by atoms with Gasteiger partial charge in [-0.1, -0.05) is 48.5 Å². The summed E-state index contributed by atoms with van der Waals surface area (Å²) in [4.78, 5) is 27.2. The van der Waals surface area contributed by atoms with Crippen LogP contribution >= 0.6 is 0 Å². The largest absolute Gasteiger partial charge is 0.450 e. The molecule has 2 saturated heterocycles. The summed E-state index contributed by atoms with van der Waals surface area (Å²) in [5.41, 5.74) is 0.934. The quantitative estimate of drug-likeness (QED) is 0.656. The van der Waals surface area contributed by atoms with Crippen LogP contribution in [0.1, 0.15) is 44.2 Å². The first-order valence-corrected chi connectivity index (χ1v) is 13.7. The topological polar surface area (TPSA) is 96.0 Å². The van der Waals surface area contributed by atoms with E-state index >= 15 is 0 Å². The Balaban J connectivity index is 1.48. The van der Waals surface area contributed by atoms with E-state index in [1.54, 1.807) is 37.3 Å². The van der Waals surface area contributed by atoms with Crippen molar-refractivity contribution in [1.29, 1.82) is 0 Å². The average Bonchev–Trinajstić information content (AvgIpc) is 2.89. The Labute approximate surface area is 207 Å². The molecule has 188 valence electrons. The highest BCUT2D eigenvalue weighted by Crippen LogP contribution is 2.38. The van der Waals surface area contributed by atoms with Crippen molar-refractivity contribution in [2.45, 2.75) is 49.6 Å². The van der Waals surface area contributed by atoms with Gasteiger partial charge < -0.3 is 15.0 Å². The lowest BCUT2D eigenvalue weighted by atomic mass is 9.89. The van der Waals surface area contributed by atoms with Crippen LogP contribution in [0.2, 0.25) is 0 Å². The van der Waals surface area contributed by atoms with Crippen LogP contribution in [0.5, 0.6) is 0 Å². The number of hydrogen-bond donors (Lipinski definition) is 1. The first-order valence-electron chi connectivity index (χ1n) is 12.2. The molecule has 35 heavy (non-hydrogen) atoms. The van der Waals surface area contributed by atoms with Crippen LogP contribution in [0.3, 0.4) is 0 Å². The minimum Gasteiger partial charge on any atom is -0.450 e. The van der Waals surface area contributed by atoms with Crippen LogP contribution in [0, 0.1) is 5.92 Å². The molecule has 2 heterocycles. The third-order valence-corrected chi connectivity index (χ3v) is 8.71. The summed E-state index contributed by atoms with van der Waals surface area (Å²) in [6.45, 7) is 3.28. The fourth-order valence-corrected chi connectivity index (χ4v) is 6.69. The number of sulfonamides is 1. The van der Waals surface area contributed by atoms with Crippen molar-refractivity contribution in [2.75, 3.05) is 26.2 Å². The van der Waals surface area contributed by atoms with Gasteiger partial charge in [0.25, 0.3) is 0 Å². The number of hydrogen-bond acceptors (Lipinski definition) is 5. The summed E-state index contributed by atoms with van der Waals surface area (Å²) in [7, 11) is -3.78. The number of carbonyl (C=O) groups excluding carboxylic acids is 2. The standard InChI is InChI=1S/C26H33N3O5S/c1-2-34-26(31)27-22-15-17-28(18-16-22)25(30)21-13-14-24(20-9-5-3-6-10-20)29(19-21)35(32,33)23-11-7-4-8-12-23/h3-12,21-22,24H,2,13-19H2,1H3,(H,27,31)/t21-,24-/m1/s1. The molecule has 0 saturated carbocycles. The molecular formula is C26H33N3O5S. The summed E-state index contributed by atoms with van der Waals surface area (Å²) >= 11 is 0. The molecule has 2 aromatic rings. The molecule has 0 bridgehead atoms. The first kappa shape index (κ1) is 25.2. The Hall–Kier alpha value is -2.91. The van der Waals surface area contributed by atoms with Gasteiger partial charge in [-0.25, -0.2) is 13.2 Å². The van der Waals surface area contributed by atoms with E-state index < -0.39 is 22.0 Å². The normalized spacial score (nSPS) is 21.9. The van der Waals surface area contributed by atoms with Gasteiger partial charge in [0.1, 0.15) is 0 Å². The summed E-state index contributed by atoms with van der Waals surface area (Å²) < 4.78 is 33.8. The molecule has 0 aliphatic carbocycles. The zero-order valence-electron chi connectivity index (χ0n) is 20.0. The Morgan fingerprint density at radius 2 is 1.57 bits per heavy atom. The van der Waals surface area contributed by atoms with E-state index in [4.69, 9.17) is 4.74 Å². The van der Waals surface area contributed by atoms with Gasteiger partial charge in [-0.3, -0.25) is 4.79 Å². The van der Waals surface area contributed by atoms with Gasteiger partial charge in [-0.05, 0) is 50.3 Å². The Bertz CT molecular complexity index is 1100. The highest BCUT2D eigenvalue weighted by molar-refractivity contribution is 7.89. The van der Waals surface area contributed by atoms with Gasteiger partial charge in [-0.15, -0.1) is 0 Å². The maximum absolute atomic E-state index is 13.7. The molecule has 1 N–H and O–H groups in total. The predicted octanol–water partition coefficient (Wildman–Crippen LogP) is 3.57. The van der Waals surface area contributed by atoms with Gasteiger partial charge in [0.2, 0.25) is 15.9 Å². The predicted molar refractivity (Wildman–Crippen MR) is 132 cm³/mol. The SMILES string of the molecule is CCOC(=O)NC1CCN(C(=O)[C@@H]2CC[C@H](c3ccccc3)N(S(=O)(=O)c3ccccc3)C2)CC1. The number of benzene rings is 2. The molecule has 0 unspecified atom stereocenters. The summed E-state index contributed by atoms with van der Waals surface area (Å²) in [6, 6.07) is 17.7. The van der Waals surface area contributed by atoms with E-state index in [2.05, 4.69) is 5.32 Å². The van der Waals surface area contributed by atoms with E-state index in [9.17, 15) is 18.0 Å². The lowest BCUT2D eigenvalue weighted by Crippen LogP contribution is -2.51. The minimum atomic E-state index is -3.78. The van der Waals surface area contributed by atoms with Gasteiger partial charge in [0.15, 0.2) is 0 Å². The second-order valence-electron chi connectivity index (χ2n) is 9.05. The molecule has 8 nitrogen and oxygen atoms in total. The number of piperidine rings is 2. The van der Waals surface area contributed by atoms with Crippen molar-refractivity contribution in [2.24, 2.45) is 5.92 Å². The number of carbonyl (C=O) groups is 2. The second-order valence-corrected chi connectivity index (χ2v) is 10.9. The van der Waals surface area contributed by atoms with Crippen molar-refractivity contribution in [3.05, 3.63) is 66.2 Å². The van der Waals surface area contributed by atoms with Crippen LogP contribution in [-0.2, 0) is 19.6 Å². The number of alkyl carbamates (subject to hydrolysis) is 1. The van der Waals surface area contributed by atoms with E-state index in [1.807, 2.05) is 35.2 Å². The number of ether oxygens (including phenoxy) is 1. The van der Waals surface area contributed by atoms with Crippen molar-refractivity contribution < 1.29 is 22.7 Å². The van der Waals surface area contributed by atoms with Crippen molar-refractivity contribution in [3.63, 3.8) is 0 Å². The monoisotopic (exact) mass is 499 g/mol. The summed E-state index contributed by atoms with van der Waals surface area (Å²) in [5, 5.41) is 2.84. The molecule has 0 aromatic heterocycles. The van der Waals surface area contributed by atoms with Crippen LogP contribution in [0.4, 0.5) is 4.79 Å². The molecule has 4 rings (SSSR count). The summed E-state index contributed by atoms with van der Waals surface area (Å²) in [5.74, 6) is -0.414. The zero-order valence-corrected chi connectivity index (χ0v) is 20.8. The molecule has 0 radical (unpaired) electrons. The maximum Gasteiger partial charge on any atom is 0.407 e. The fraction of sp³-hybridized carbons (Fsp3) is 0.462. The van der Waals surface area contributed by atoms with Gasteiger partial charge in [0.05, 0.1) is 23.5 Å². The number of amides is 2. The molecule has 2 aromatic carbocycles. The molecule has 0 spiro atoms. The first-order chi connectivity index (χ1) is 16.9. The van der Waals surface area contributed by atoms with Crippen molar-refractivity contribution >= 4 is 22.0 Å². The van der Waals surface area contributed by atoms with Crippen LogP contribution in [-0.4, -0.2) is 61.9 Å². The summed E-state index contributed by atoms with van der Waals surface area (Å²) in [6.07, 6.45) is 2.07. The number of nitrogens with zero attached hydrogens (tertiary/aromatic N) is 2. The molecule has 2 aliphatic rings. The van der Waals surface area contributed by atoms with Crippen LogP contribution in [0.15, 0.2) is 65.6 Å². The molecule has 2 atom stereocenters. The fourth-order valence-electron chi connectivity index (χ4n) is 4.98. The Kier molecular flexibility index (Phi) is 8.07. The number of rotatable bonds is 6. The third kappa shape index (κ3) is 5.85. The molecule has 2 aliphatic heterocycles. The highest BCUT2D eigenvalue weighted by Gasteiger charge is 2.41. The Morgan fingerprint density at radius 3 is 2.20 bits per heavy atom. The second kappa shape index (κ2) is 11.2. The minimum absolute atomic E-state index is 0.0145. The number of nitrogens with one attached hydrogen (secondary N) is 1. The van der Waals surface area contributed by atoms with Crippen molar-refractivity contribution in [3.8, 4) is 0 Å². The van der Waals surface area contributed by atoms with Crippen LogP contribution in [0.25, 0.3) is 0 Å². The van der Waals surface area contributed by atoms with E-state index in [0.717, 1.165) is 5.56 Å². The molecule has 2 amide bonds. The lowest BCUT2D eigenvalue weighted by Gasteiger charge is -2.41. The van der Waals surface area contributed by atoms with Crippen LogP contribution < -0.4 is 5.32 Å². The van der Waals surface area contributed by atoms with Gasteiger partial charge in [-0.2, -0.15) is 4.31 Å². The van der Waals surface area contributed by atoms with Gasteiger partial charge in [0, 0.05) is 25.7 Å². The average molecular weight is 500 g/mol.